The van der Waals surface area contributed by atoms with Crippen LogP contribution in [0, 0.1) is 0 Å². The largest absolute Gasteiger partial charge is 0.508 e. The van der Waals surface area contributed by atoms with Gasteiger partial charge >= 0.3 is 6.09 Å². The van der Waals surface area contributed by atoms with E-state index in [4.69, 9.17) is 10.5 Å². The third-order valence-corrected chi connectivity index (χ3v) is 2.91. The third-order valence-electron chi connectivity index (χ3n) is 2.91. The average molecular weight is 236 g/mol. The normalized spacial score (nSPS) is 19.5. The van der Waals surface area contributed by atoms with Crippen LogP contribution >= 0.6 is 0 Å². The fraction of sp³-hybridized carbons (Fsp3) is 0.417. The second-order valence-corrected chi connectivity index (χ2v) is 4.06. The first-order chi connectivity index (χ1) is 8.22. The van der Waals surface area contributed by atoms with Crippen LogP contribution in [0.3, 0.4) is 0 Å². The molecule has 1 atom stereocenters. The summed E-state index contributed by atoms with van der Waals surface area (Å²) in [4.78, 5) is 13.2. The highest BCUT2D eigenvalue weighted by Crippen LogP contribution is 2.23. The Morgan fingerprint density at radius 2 is 2.24 bits per heavy atom. The van der Waals surface area contributed by atoms with E-state index in [1.807, 2.05) is 6.07 Å². The molecular formula is C12H16N2O3. The summed E-state index contributed by atoms with van der Waals surface area (Å²) in [6.45, 7) is 1.25. The van der Waals surface area contributed by atoms with Crippen LogP contribution in [0.2, 0.25) is 0 Å². The Balaban J connectivity index is 2.11. The minimum Gasteiger partial charge on any atom is -0.508 e. The standard InChI is InChI=1S/C12H16N2O3/c13-6-5-10-8-17-12(16)14(10)7-9-3-1-2-4-11(9)15/h1-4,10,15H,5-8,13H2. The molecule has 1 amide bonds. The van der Waals surface area contributed by atoms with Gasteiger partial charge in [-0.2, -0.15) is 0 Å². The molecule has 1 aromatic rings. The van der Waals surface area contributed by atoms with Gasteiger partial charge in [0.25, 0.3) is 0 Å². The van der Waals surface area contributed by atoms with E-state index in [1.54, 1.807) is 23.1 Å². The van der Waals surface area contributed by atoms with Gasteiger partial charge in [0, 0.05) is 5.56 Å². The molecule has 0 spiro atoms. The number of cyclic esters (lactones) is 1. The number of carbonyl (C=O) groups excluding carboxylic acids is 1. The number of rotatable bonds is 4. The van der Waals surface area contributed by atoms with E-state index in [-0.39, 0.29) is 17.9 Å². The summed E-state index contributed by atoms with van der Waals surface area (Å²) in [5.74, 6) is 0.193. The first-order valence-electron chi connectivity index (χ1n) is 5.62. The van der Waals surface area contributed by atoms with Crippen LogP contribution < -0.4 is 5.73 Å². The van der Waals surface area contributed by atoms with Gasteiger partial charge in [-0.1, -0.05) is 18.2 Å². The Labute approximate surface area is 99.8 Å². The molecule has 0 aliphatic carbocycles. The predicted molar refractivity (Wildman–Crippen MR) is 62.5 cm³/mol. The maximum atomic E-state index is 11.6. The summed E-state index contributed by atoms with van der Waals surface area (Å²) in [6.07, 6.45) is 0.367. The Bertz CT molecular complexity index is 408. The van der Waals surface area contributed by atoms with Gasteiger partial charge in [-0.25, -0.2) is 4.79 Å². The summed E-state index contributed by atoms with van der Waals surface area (Å²) in [5.41, 5.74) is 6.21. The number of phenols is 1. The molecule has 0 saturated carbocycles. The van der Waals surface area contributed by atoms with Crippen LogP contribution in [0.4, 0.5) is 4.79 Å². The number of ether oxygens (including phenoxy) is 1. The molecular weight excluding hydrogens is 220 g/mol. The fourth-order valence-electron chi connectivity index (χ4n) is 1.94. The molecule has 5 heteroatoms. The smallest absolute Gasteiger partial charge is 0.410 e. The number of phenolic OH excluding ortho intramolecular Hbond substituents is 1. The van der Waals surface area contributed by atoms with E-state index in [0.29, 0.717) is 31.7 Å². The Morgan fingerprint density at radius 1 is 1.47 bits per heavy atom. The second-order valence-electron chi connectivity index (χ2n) is 4.06. The van der Waals surface area contributed by atoms with Crippen LogP contribution in [-0.2, 0) is 11.3 Å². The minimum absolute atomic E-state index is 0.00658. The number of aromatic hydroxyl groups is 1. The van der Waals surface area contributed by atoms with Gasteiger partial charge < -0.3 is 15.6 Å². The molecule has 1 unspecified atom stereocenters. The zero-order chi connectivity index (χ0) is 12.3. The first-order valence-corrected chi connectivity index (χ1v) is 5.62. The number of hydrogen-bond acceptors (Lipinski definition) is 4. The fourth-order valence-corrected chi connectivity index (χ4v) is 1.94. The molecule has 1 heterocycles. The molecule has 3 N–H and O–H groups in total. The van der Waals surface area contributed by atoms with Gasteiger partial charge in [0.05, 0.1) is 12.6 Å². The average Bonchev–Trinajstić information content (AvgIpc) is 2.65. The van der Waals surface area contributed by atoms with Crippen molar-refractivity contribution in [3.05, 3.63) is 29.8 Å². The van der Waals surface area contributed by atoms with Crippen molar-refractivity contribution in [1.82, 2.24) is 4.90 Å². The van der Waals surface area contributed by atoms with Gasteiger partial charge in [-0.3, -0.25) is 4.90 Å². The minimum atomic E-state index is -0.341. The van der Waals surface area contributed by atoms with Crippen molar-refractivity contribution in [2.45, 2.75) is 19.0 Å². The zero-order valence-electron chi connectivity index (χ0n) is 9.50. The molecule has 2 rings (SSSR count). The van der Waals surface area contributed by atoms with E-state index in [1.165, 1.54) is 0 Å². The van der Waals surface area contributed by atoms with Crippen molar-refractivity contribution in [2.75, 3.05) is 13.2 Å². The van der Waals surface area contributed by atoms with Crippen LogP contribution in [0.15, 0.2) is 24.3 Å². The lowest BCUT2D eigenvalue weighted by Crippen LogP contribution is -2.34. The molecule has 1 aliphatic rings. The molecule has 1 aromatic carbocycles. The van der Waals surface area contributed by atoms with E-state index in [0.717, 1.165) is 0 Å². The van der Waals surface area contributed by atoms with E-state index >= 15 is 0 Å². The lowest BCUT2D eigenvalue weighted by molar-refractivity contribution is 0.156. The van der Waals surface area contributed by atoms with Crippen LogP contribution in [0.1, 0.15) is 12.0 Å². The van der Waals surface area contributed by atoms with Gasteiger partial charge in [0.15, 0.2) is 0 Å². The van der Waals surface area contributed by atoms with Crippen molar-refractivity contribution in [3.8, 4) is 5.75 Å². The van der Waals surface area contributed by atoms with Gasteiger partial charge in [-0.05, 0) is 19.0 Å². The Kier molecular flexibility index (Phi) is 3.49. The van der Waals surface area contributed by atoms with Crippen molar-refractivity contribution in [2.24, 2.45) is 5.73 Å². The molecule has 0 aromatic heterocycles. The molecule has 1 fully saturated rings. The molecule has 17 heavy (non-hydrogen) atoms. The van der Waals surface area contributed by atoms with Crippen LogP contribution in [-0.4, -0.2) is 35.3 Å². The number of nitrogens with two attached hydrogens (primary N) is 1. The van der Waals surface area contributed by atoms with Gasteiger partial charge in [0.1, 0.15) is 12.4 Å². The van der Waals surface area contributed by atoms with Crippen molar-refractivity contribution >= 4 is 6.09 Å². The topological polar surface area (TPSA) is 75.8 Å². The highest BCUT2D eigenvalue weighted by atomic mass is 16.6. The van der Waals surface area contributed by atoms with Crippen molar-refractivity contribution < 1.29 is 14.6 Å². The maximum absolute atomic E-state index is 11.6. The molecule has 0 bridgehead atoms. The van der Waals surface area contributed by atoms with Crippen LogP contribution in [0.25, 0.3) is 0 Å². The highest BCUT2D eigenvalue weighted by Gasteiger charge is 2.32. The summed E-state index contributed by atoms with van der Waals surface area (Å²) in [5, 5.41) is 9.67. The monoisotopic (exact) mass is 236 g/mol. The summed E-state index contributed by atoms with van der Waals surface area (Å²) in [6, 6.07) is 6.98. The van der Waals surface area contributed by atoms with Gasteiger partial charge in [0.2, 0.25) is 0 Å². The van der Waals surface area contributed by atoms with Gasteiger partial charge in [-0.15, -0.1) is 0 Å². The molecule has 0 radical (unpaired) electrons. The van der Waals surface area contributed by atoms with Crippen molar-refractivity contribution in [1.29, 1.82) is 0 Å². The molecule has 92 valence electrons. The third kappa shape index (κ3) is 2.50. The number of amides is 1. The second kappa shape index (κ2) is 5.05. The summed E-state index contributed by atoms with van der Waals surface area (Å²) in [7, 11) is 0. The molecule has 1 saturated heterocycles. The number of carbonyl (C=O) groups is 1. The Morgan fingerprint density at radius 3 is 2.94 bits per heavy atom. The SMILES string of the molecule is NCCC1COC(=O)N1Cc1ccccc1O. The van der Waals surface area contributed by atoms with E-state index in [2.05, 4.69) is 0 Å². The Hall–Kier alpha value is -1.75. The highest BCUT2D eigenvalue weighted by molar-refractivity contribution is 5.70. The quantitative estimate of drug-likeness (QED) is 0.819. The van der Waals surface area contributed by atoms with E-state index < -0.39 is 0 Å². The predicted octanol–water partition coefficient (Wildman–Crippen LogP) is 1.06. The maximum Gasteiger partial charge on any atom is 0.410 e. The lowest BCUT2D eigenvalue weighted by Gasteiger charge is -2.21. The zero-order valence-corrected chi connectivity index (χ0v) is 9.50. The number of benzene rings is 1. The molecule has 1 aliphatic heterocycles. The lowest BCUT2D eigenvalue weighted by atomic mass is 10.1. The van der Waals surface area contributed by atoms with Crippen molar-refractivity contribution in [3.63, 3.8) is 0 Å². The van der Waals surface area contributed by atoms with Crippen LogP contribution in [0.5, 0.6) is 5.75 Å². The number of nitrogens with zero attached hydrogens (tertiary/aromatic N) is 1. The first kappa shape index (κ1) is 11.7. The number of hydrogen-bond donors (Lipinski definition) is 2. The molecule has 5 nitrogen and oxygen atoms in total. The summed E-state index contributed by atoms with van der Waals surface area (Å²) >= 11 is 0. The van der Waals surface area contributed by atoms with E-state index in [9.17, 15) is 9.90 Å². The summed E-state index contributed by atoms with van der Waals surface area (Å²) < 4.78 is 4.99. The number of para-hydroxylation sites is 1.